The SMILES string of the molecule is CN1CCN(c2nc3c(N)cccc3o2)C(C)(C)C1=O. The van der Waals surface area contributed by atoms with Crippen LogP contribution in [0.3, 0.4) is 0 Å². The maximum absolute atomic E-state index is 12.3. The lowest BCUT2D eigenvalue weighted by Gasteiger charge is -2.43. The summed E-state index contributed by atoms with van der Waals surface area (Å²) in [6, 6.07) is 5.89. The van der Waals surface area contributed by atoms with Gasteiger partial charge in [-0.2, -0.15) is 4.98 Å². The Morgan fingerprint density at radius 2 is 2.10 bits per heavy atom. The zero-order valence-corrected chi connectivity index (χ0v) is 11.9. The third-order valence-electron chi connectivity index (χ3n) is 3.87. The highest BCUT2D eigenvalue weighted by Crippen LogP contribution is 2.32. The van der Waals surface area contributed by atoms with Gasteiger partial charge in [0.25, 0.3) is 6.01 Å². The number of nitrogens with zero attached hydrogens (tertiary/aromatic N) is 3. The average molecular weight is 274 g/mol. The van der Waals surface area contributed by atoms with E-state index in [1.165, 1.54) is 0 Å². The lowest BCUT2D eigenvalue weighted by atomic mass is 9.98. The Balaban J connectivity index is 2.06. The summed E-state index contributed by atoms with van der Waals surface area (Å²) in [5.74, 6) is 0.0546. The normalized spacial score (nSPS) is 18.9. The summed E-state index contributed by atoms with van der Waals surface area (Å²) in [5.41, 5.74) is 7.09. The van der Waals surface area contributed by atoms with Crippen molar-refractivity contribution in [2.24, 2.45) is 0 Å². The van der Waals surface area contributed by atoms with E-state index in [9.17, 15) is 4.79 Å². The molecule has 2 aromatic rings. The monoisotopic (exact) mass is 274 g/mol. The molecule has 0 bridgehead atoms. The quantitative estimate of drug-likeness (QED) is 0.797. The van der Waals surface area contributed by atoms with Crippen LogP contribution in [-0.4, -0.2) is 41.5 Å². The van der Waals surface area contributed by atoms with Gasteiger partial charge in [0.1, 0.15) is 11.1 Å². The van der Waals surface area contributed by atoms with E-state index in [1.54, 1.807) is 11.0 Å². The predicted octanol–water partition coefficient (Wildman–Crippen LogP) is 1.47. The van der Waals surface area contributed by atoms with Crippen molar-refractivity contribution in [3.8, 4) is 0 Å². The van der Waals surface area contributed by atoms with Crippen LogP contribution in [0.4, 0.5) is 11.7 Å². The first-order valence-electron chi connectivity index (χ1n) is 6.59. The summed E-state index contributed by atoms with van der Waals surface area (Å²) < 4.78 is 5.77. The van der Waals surface area contributed by atoms with E-state index in [4.69, 9.17) is 10.2 Å². The van der Waals surface area contributed by atoms with Crippen molar-refractivity contribution in [1.29, 1.82) is 0 Å². The standard InChI is InChI=1S/C14H18N4O2/c1-14(2)12(19)17(3)7-8-18(14)13-16-11-9(15)5-4-6-10(11)20-13/h4-6H,7-8,15H2,1-3H3. The van der Waals surface area contributed by atoms with Crippen molar-refractivity contribution in [3.05, 3.63) is 18.2 Å². The van der Waals surface area contributed by atoms with Crippen LogP contribution in [0, 0.1) is 0 Å². The number of carbonyl (C=O) groups is 1. The Morgan fingerprint density at radius 3 is 2.80 bits per heavy atom. The largest absolute Gasteiger partial charge is 0.423 e. The topological polar surface area (TPSA) is 75.6 Å². The summed E-state index contributed by atoms with van der Waals surface area (Å²) in [5, 5.41) is 0. The van der Waals surface area contributed by atoms with Crippen LogP contribution < -0.4 is 10.6 Å². The molecule has 0 aliphatic carbocycles. The number of aromatic nitrogens is 1. The Kier molecular flexibility index (Phi) is 2.64. The van der Waals surface area contributed by atoms with Crippen LogP contribution >= 0.6 is 0 Å². The fraction of sp³-hybridized carbons (Fsp3) is 0.429. The molecule has 0 saturated carbocycles. The lowest BCUT2D eigenvalue weighted by Crippen LogP contribution is -2.62. The van der Waals surface area contributed by atoms with Gasteiger partial charge in [0, 0.05) is 20.1 Å². The Bertz CT molecular complexity index is 677. The second kappa shape index (κ2) is 4.13. The average Bonchev–Trinajstić information content (AvgIpc) is 2.81. The third-order valence-corrected chi connectivity index (χ3v) is 3.87. The zero-order chi connectivity index (χ0) is 14.5. The van der Waals surface area contributed by atoms with E-state index < -0.39 is 5.54 Å². The van der Waals surface area contributed by atoms with Gasteiger partial charge in [-0.3, -0.25) is 4.79 Å². The molecular weight excluding hydrogens is 256 g/mol. The second-order valence-corrected chi connectivity index (χ2v) is 5.63. The van der Waals surface area contributed by atoms with E-state index in [0.29, 0.717) is 35.9 Å². The number of hydrogen-bond donors (Lipinski definition) is 1. The molecular formula is C14H18N4O2. The van der Waals surface area contributed by atoms with Crippen LogP contribution in [0.1, 0.15) is 13.8 Å². The number of fused-ring (bicyclic) bond motifs is 1. The van der Waals surface area contributed by atoms with Gasteiger partial charge in [-0.05, 0) is 26.0 Å². The van der Waals surface area contributed by atoms with Crippen LogP contribution in [-0.2, 0) is 4.79 Å². The highest BCUT2D eigenvalue weighted by molar-refractivity contribution is 5.91. The van der Waals surface area contributed by atoms with Gasteiger partial charge < -0.3 is 20.0 Å². The van der Waals surface area contributed by atoms with Gasteiger partial charge in [-0.1, -0.05) is 6.07 Å². The van der Waals surface area contributed by atoms with Gasteiger partial charge >= 0.3 is 0 Å². The molecule has 1 aromatic carbocycles. The third kappa shape index (κ3) is 1.71. The van der Waals surface area contributed by atoms with Crippen molar-refractivity contribution in [2.45, 2.75) is 19.4 Å². The second-order valence-electron chi connectivity index (χ2n) is 5.63. The minimum atomic E-state index is -0.678. The minimum Gasteiger partial charge on any atom is -0.423 e. The fourth-order valence-corrected chi connectivity index (χ4v) is 2.62. The molecule has 1 aliphatic heterocycles. The highest BCUT2D eigenvalue weighted by atomic mass is 16.4. The summed E-state index contributed by atoms with van der Waals surface area (Å²) in [6.07, 6.45) is 0. The van der Waals surface area contributed by atoms with Gasteiger partial charge in [-0.15, -0.1) is 0 Å². The van der Waals surface area contributed by atoms with E-state index >= 15 is 0 Å². The number of likely N-dealkylation sites (N-methyl/N-ethyl adjacent to an activating group) is 1. The summed E-state index contributed by atoms with van der Waals surface area (Å²) >= 11 is 0. The molecule has 1 aromatic heterocycles. The maximum atomic E-state index is 12.3. The van der Waals surface area contributed by atoms with Gasteiger partial charge in [0.15, 0.2) is 5.58 Å². The highest BCUT2D eigenvalue weighted by Gasteiger charge is 2.42. The smallest absolute Gasteiger partial charge is 0.299 e. The van der Waals surface area contributed by atoms with Gasteiger partial charge in [0.05, 0.1) is 5.69 Å². The van der Waals surface area contributed by atoms with E-state index in [0.717, 1.165) is 0 Å². The maximum Gasteiger partial charge on any atom is 0.299 e. The molecule has 0 radical (unpaired) electrons. The van der Waals surface area contributed by atoms with Crippen molar-refractivity contribution < 1.29 is 9.21 Å². The number of nitrogen functional groups attached to an aromatic ring is 1. The molecule has 3 rings (SSSR count). The van der Waals surface area contributed by atoms with Gasteiger partial charge in [0.2, 0.25) is 5.91 Å². The molecule has 1 fully saturated rings. The molecule has 106 valence electrons. The first-order chi connectivity index (χ1) is 9.41. The van der Waals surface area contributed by atoms with Crippen molar-refractivity contribution >= 4 is 28.7 Å². The number of para-hydroxylation sites is 1. The minimum absolute atomic E-state index is 0.0546. The molecule has 2 heterocycles. The Morgan fingerprint density at radius 1 is 1.35 bits per heavy atom. The molecule has 6 heteroatoms. The molecule has 1 saturated heterocycles. The molecule has 20 heavy (non-hydrogen) atoms. The van der Waals surface area contributed by atoms with Gasteiger partial charge in [-0.25, -0.2) is 0 Å². The number of piperazine rings is 1. The number of oxazole rings is 1. The zero-order valence-electron chi connectivity index (χ0n) is 11.9. The van der Waals surface area contributed by atoms with Crippen LogP contribution in [0.15, 0.2) is 22.6 Å². The van der Waals surface area contributed by atoms with Crippen LogP contribution in [0.2, 0.25) is 0 Å². The first kappa shape index (κ1) is 12.8. The predicted molar refractivity (Wildman–Crippen MR) is 77.5 cm³/mol. The van der Waals surface area contributed by atoms with Crippen LogP contribution in [0.5, 0.6) is 0 Å². The summed E-state index contributed by atoms with van der Waals surface area (Å²) in [6.45, 7) is 5.09. The fourth-order valence-electron chi connectivity index (χ4n) is 2.62. The number of benzene rings is 1. The summed E-state index contributed by atoms with van der Waals surface area (Å²) in [4.78, 5) is 20.4. The van der Waals surface area contributed by atoms with Crippen molar-refractivity contribution in [2.75, 3.05) is 30.8 Å². The molecule has 6 nitrogen and oxygen atoms in total. The molecule has 0 atom stereocenters. The number of nitrogens with two attached hydrogens (primary N) is 1. The Labute approximate surface area is 117 Å². The molecule has 1 aliphatic rings. The molecule has 0 spiro atoms. The lowest BCUT2D eigenvalue weighted by molar-refractivity contribution is -0.136. The van der Waals surface area contributed by atoms with Crippen molar-refractivity contribution in [3.63, 3.8) is 0 Å². The summed E-state index contributed by atoms with van der Waals surface area (Å²) in [7, 11) is 1.81. The number of rotatable bonds is 1. The van der Waals surface area contributed by atoms with Crippen LogP contribution in [0.25, 0.3) is 11.1 Å². The Hall–Kier alpha value is -2.24. The first-order valence-corrected chi connectivity index (χ1v) is 6.59. The van der Waals surface area contributed by atoms with E-state index in [1.807, 2.05) is 37.9 Å². The molecule has 1 amide bonds. The number of anilines is 2. The molecule has 0 unspecified atom stereocenters. The number of hydrogen-bond acceptors (Lipinski definition) is 5. The van der Waals surface area contributed by atoms with Crippen molar-refractivity contribution in [1.82, 2.24) is 9.88 Å². The number of carbonyl (C=O) groups excluding carboxylic acids is 1. The van der Waals surface area contributed by atoms with E-state index in [-0.39, 0.29) is 5.91 Å². The number of amides is 1. The van der Waals surface area contributed by atoms with E-state index in [2.05, 4.69) is 4.98 Å². The molecule has 2 N–H and O–H groups in total.